The lowest BCUT2D eigenvalue weighted by Gasteiger charge is -2.14. The topological polar surface area (TPSA) is 80.7 Å². The number of aliphatic hydroxyl groups is 1. The molecule has 0 heterocycles. The fourth-order valence-electron chi connectivity index (χ4n) is 1.21. The number of rotatable bonds is 7. The third-order valence-corrected chi connectivity index (χ3v) is 3.99. The molecule has 106 valence electrons. The van der Waals surface area contributed by atoms with Crippen LogP contribution in [0.5, 0.6) is 5.75 Å². The van der Waals surface area contributed by atoms with E-state index in [1.807, 2.05) is 0 Å². The van der Waals surface area contributed by atoms with E-state index in [0.717, 1.165) is 12.1 Å². The monoisotopic (exact) mass is 294 g/mol. The molecule has 0 spiro atoms. The molecule has 0 amide bonds. The summed E-state index contributed by atoms with van der Waals surface area (Å²) in [6, 6.07) is 4.51. The van der Waals surface area contributed by atoms with Crippen LogP contribution in [-0.4, -0.2) is 38.3 Å². The number of carbonyl (C=O) groups excluding carboxylic acids is 1. The Balaban J connectivity index is 3.02. The summed E-state index contributed by atoms with van der Waals surface area (Å²) in [5, 5.41) is 4.18. The molecule has 0 saturated carbocycles. The van der Waals surface area contributed by atoms with Crippen molar-refractivity contribution in [2.45, 2.75) is 16.6 Å². The molecule has 0 fully saturated rings. The summed E-state index contributed by atoms with van der Waals surface area (Å²) in [5.41, 5.74) is 0. The summed E-state index contributed by atoms with van der Waals surface area (Å²) in [6.45, 7) is -1.78. The molecular formula is C11H12F2O5S. The summed E-state index contributed by atoms with van der Waals surface area (Å²) >= 11 is 0. The van der Waals surface area contributed by atoms with Gasteiger partial charge in [-0.3, -0.25) is 0 Å². The number of aliphatic hydroxyl groups excluding tert-OH is 1. The number of halogens is 2. The van der Waals surface area contributed by atoms with Crippen LogP contribution in [0.4, 0.5) is 8.78 Å². The van der Waals surface area contributed by atoms with E-state index in [-0.39, 0.29) is 18.8 Å². The first kappa shape index (κ1) is 15.5. The molecule has 0 aliphatic rings. The van der Waals surface area contributed by atoms with Gasteiger partial charge in [0.15, 0.2) is 0 Å². The van der Waals surface area contributed by atoms with Gasteiger partial charge in [-0.25, -0.2) is 8.42 Å². The van der Waals surface area contributed by atoms with E-state index < -0.39 is 26.6 Å². The highest BCUT2D eigenvalue weighted by molar-refractivity contribution is 7.92. The maximum absolute atomic E-state index is 13.1. The molecule has 1 aromatic rings. The van der Waals surface area contributed by atoms with Gasteiger partial charge in [-0.15, -0.1) is 0 Å². The van der Waals surface area contributed by atoms with Crippen molar-refractivity contribution in [3.8, 4) is 5.75 Å². The second-order valence-corrected chi connectivity index (χ2v) is 5.65. The molecule has 0 saturated heterocycles. The molecule has 0 radical (unpaired) electrons. The number of carbonyl (C=O) groups is 1. The molecule has 0 unspecified atom stereocenters. The van der Waals surface area contributed by atoms with Gasteiger partial charge in [0.2, 0.25) is 9.84 Å². The van der Waals surface area contributed by atoms with Crippen molar-refractivity contribution >= 4 is 16.1 Å². The Morgan fingerprint density at radius 2 is 2.05 bits per heavy atom. The summed E-state index contributed by atoms with van der Waals surface area (Å²) in [5.74, 6) is 0.0525. The van der Waals surface area contributed by atoms with Crippen LogP contribution >= 0.6 is 0 Å². The van der Waals surface area contributed by atoms with Crippen LogP contribution in [0.2, 0.25) is 0 Å². The average molecular weight is 294 g/mol. The lowest BCUT2D eigenvalue weighted by atomic mass is 10.3. The van der Waals surface area contributed by atoms with Crippen molar-refractivity contribution in [3.05, 3.63) is 24.3 Å². The first-order valence-electron chi connectivity index (χ1n) is 5.25. The van der Waals surface area contributed by atoms with E-state index in [1.54, 1.807) is 0 Å². The van der Waals surface area contributed by atoms with Crippen molar-refractivity contribution < 1.29 is 31.8 Å². The molecule has 0 aliphatic carbocycles. The zero-order valence-corrected chi connectivity index (χ0v) is 10.6. The van der Waals surface area contributed by atoms with Crippen LogP contribution in [0.3, 0.4) is 0 Å². The van der Waals surface area contributed by atoms with Gasteiger partial charge in [0, 0.05) is 6.42 Å². The maximum Gasteiger partial charge on any atom is 0.372 e. The van der Waals surface area contributed by atoms with Crippen LogP contribution < -0.4 is 4.74 Å². The van der Waals surface area contributed by atoms with E-state index in [0.29, 0.717) is 6.29 Å². The minimum Gasteiger partial charge on any atom is -0.493 e. The highest BCUT2D eigenvalue weighted by Gasteiger charge is 2.45. The lowest BCUT2D eigenvalue weighted by molar-refractivity contribution is -0.108. The molecule has 0 bridgehead atoms. The highest BCUT2D eigenvalue weighted by Crippen LogP contribution is 2.30. The molecule has 1 aromatic carbocycles. The molecule has 8 heteroatoms. The van der Waals surface area contributed by atoms with Gasteiger partial charge in [0.25, 0.3) is 0 Å². The van der Waals surface area contributed by atoms with Gasteiger partial charge in [0.1, 0.15) is 18.6 Å². The normalized spacial score (nSPS) is 12.2. The van der Waals surface area contributed by atoms with Crippen LogP contribution in [0.15, 0.2) is 29.2 Å². The van der Waals surface area contributed by atoms with Gasteiger partial charge < -0.3 is 14.6 Å². The van der Waals surface area contributed by atoms with Gasteiger partial charge in [-0.1, -0.05) is 6.07 Å². The van der Waals surface area contributed by atoms with Crippen LogP contribution in [-0.2, 0) is 14.6 Å². The number of sulfone groups is 1. The molecule has 1 N–H and O–H groups in total. The predicted octanol–water partition coefficient (Wildman–Crippen LogP) is 1.01. The summed E-state index contributed by atoms with van der Waals surface area (Å²) < 4.78 is 54.4. The standard InChI is InChI=1S/C11H12F2O5S/c12-11(13,8-15)19(16,17)10-4-1-3-9(7-10)18-6-2-5-14/h1,3-5,7,15H,2,6,8H2. The van der Waals surface area contributed by atoms with Crippen LogP contribution in [0, 0.1) is 0 Å². The summed E-state index contributed by atoms with van der Waals surface area (Å²) in [6.07, 6.45) is 0.713. The first-order valence-corrected chi connectivity index (χ1v) is 6.73. The molecule has 1 rings (SSSR count). The largest absolute Gasteiger partial charge is 0.493 e. The minimum absolute atomic E-state index is 0.0173. The first-order chi connectivity index (χ1) is 8.85. The average Bonchev–Trinajstić information content (AvgIpc) is 2.39. The van der Waals surface area contributed by atoms with Crippen molar-refractivity contribution in [2.75, 3.05) is 13.2 Å². The van der Waals surface area contributed by atoms with E-state index >= 15 is 0 Å². The van der Waals surface area contributed by atoms with Crippen LogP contribution in [0.1, 0.15) is 6.42 Å². The Kier molecular flexibility index (Phi) is 4.96. The van der Waals surface area contributed by atoms with Crippen molar-refractivity contribution in [2.24, 2.45) is 0 Å². The Morgan fingerprint density at radius 1 is 1.37 bits per heavy atom. The highest BCUT2D eigenvalue weighted by atomic mass is 32.2. The number of hydrogen-bond acceptors (Lipinski definition) is 5. The lowest BCUT2D eigenvalue weighted by Crippen LogP contribution is -2.32. The number of benzene rings is 1. The predicted molar refractivity (Wildman–Crippen MR) is 61.8 cm³/mol. The minimum atomic E-state index is -4.97. The smallest absolute Gasteiger partial charge is 0.372 e. The van der Waals surface area contributed by atoms with E-state index in [1.165, 1.54) is 12.1 Å². The molecule has 5 nitrogen and oxygen atoms in total. The third kappa shape index (κ3) is 3.48. The summed E-state index contributed by atoms with van der Waals surface area (Å²) in [7, 11) is -4.97. The Labute approximate surface area is 108 Å². The van der Waals surface area contributed by atoms with Crippen LogP contribution in [0.25, 0.3) is 0 Å². The Morgan fingerprint density at radius 3 is 2.63 bits per heavy atom. The zero-order chi connectivity index (χ0) is 14.5. The van der Waals surface area contributed by atoms with Gasteiger partial charge in [-0.2, -0.15) is 8.78 Å². The quantitative estimate of drug-likeness (QED) is 0.599. The van der Waals surface area contributed by atoms with E-state index in [9.17, 15) is 22.0 Å². The second kappa shape index (κ2) is 6.07. The zero-order valence-electron chi connectivity index (χ0n) is 9.75. The molecular weight excluding hydrogens is 282 g/mol. The molecule has 0 aromatic heterocycles. The fraction of sp³-hybridized carbons (Fsp3) is 0.364. The van der Waals surface area contributed by atoms with E-state index in [4.69, 9.17) is 9.84 Å². The van der Waals surface area contributed by atoms with Gasteiger partial charge >= 0.3 is 5.25 Å². The number of alkyl halides is 2. The van der Waals surface area contributed by atoms with E-state index in [2.05, 4.69) is 0 Å². The SMILES string of the molecule is O=CCCOc1cccc(S(=O)(=O)C(F)(F)CO)c1. The third-order valence-electron chi connectivity index (χ3n) is 2.20. The number of ether oxygens (including phenoxy) is 1. The van der Waals surface area contributed by atoms with Gasteiger partial charge in [-0.05, 0) is 18.2 Å². The molecule has 0 atom stereocenters. The summed E-state index contributed by atoms with van der Waals surface area (Å²) in [4.78, 5) is 9.43. The van der Waals surface area contributed by atoms with Crippen molar-refractivity contribution in [1.29, 1.82) is 0 Å². The Hall–Kier alpha value is -1.54. The maximum atomic E-state index is 13.1. The second-order valence-electron chi connectivity index (χ2n) is 3.58. The van der Waals surface area contributed by atoms with Crippen molar-refractivity contribution in [1.82, 2.24) is 0 Å². The Bertz CT molecular complexity index is 542. The number of aldehydes is 1. The number of hydrogen-bond donors (Lipinski definition) is 1. The van der Waals surface area contributed by atoms with Crippen molar-refractivity contribution in [3.63, 3.8) is 0 Å². The molecule has 19 heavy (non-hydrogen) atoms. The fourth-order valence-corrected chi connectivity index (χ4v) is 2.26. The molecule has 0 aliphatic heterocycles. The van der Waals surface area contributed by atoms with Gasteiger partial charge in [0.05, 0.1) is 11.5 Å².